The van der Waals surface area contributed by atoms with Crippen LogP contribution in [0.3, 0.4) is 0 Å². The van der Waals surface area contributed by atoms with Gasteiger partial charge in [0.05, 0.1) is 12.2 Å². The number of ketones is 1. The first-order chi connectivity index (χ1) is 30.8. The second kappa shape index (κ2) is 21.9. The molecule has 0 saturated carbocycles. The van der Waals surface area contributed by atoms with Crippen molar-refractivity contribution in [2.45, 2.75) is 63.1 Å². The molecule has 1 aliphatic carbocycles. The van der Waals surface area contributed by atoms with Gasteiger partial charge in [0.2, 0.25) is 5.91 Å². The number of carbonyl (C=O) groups is 8. The molecule has 0 radical (unpaired) electrons. The highest BCUT2D eigenvalue weighted by Crippen LogP contribution is 2.49. The lowest BCUT2D eigenvalue weighted by Crippen LogP contribution is -2.44. The number of rotatable bonds is 23. The Morgan fingerprint density at radius 3 is 2.15 bits per heavy atom. The van der Waals surface area contributed by atoms with E-state index in [1.165, 1.54) is 60.7 Å². The number of amides is 3. The fraction of sp³-hybridized carbons (Fsp3) is 0.302. The molecular formula is C43H45N4O17P. The van der Waals surface area contributed by atoms with Crippen LogP contribution in [0.1, 0.15) is 92.2 Å². The fourth-order valence-corrected chi connectivity index (χ4v) is 8.00. The minimum absolute atomic E-state index is 0.000824. The molecule has 0 bridgehead atoms. The van der Waals surface area contributed by atoms with Crippen molar-refractivity contribution in [1.82, 2.24) is 21.0 Å². The van der Waals surface area contributed by atoms with Crippen molar-refractivity contribution >= 4 is 55.1 Å². The molecule has 10 N–H and O–H groups in total. The first kappa shape index (κ1) is 48.8. The summed E-state index contributed by atoms with van der Waals surface area (Å²) >= 11 is 0. The predicted molar refractivity (Wildman–Crippen MR) is 225 cm³/mol. The highest BCUT2D eigenvalue weighted by molar-refractivity contribution is 7.50. The maximum absolute atomic E-state index is 13.1. The predicted octanol–water partition coefficient (Wildman–Crippen LogP) is 3.07. The van der Waals surface area contributed by atoms with Crippen molar-refractivity contribution < 1.29 is 82.6 Å². The van der Waals surface area contributed by atoms with Gasteiger partial charge in [0.1, 0.15) is 23.3 Å². The number of fused-ring (bicyclic) bond motifs is 2. The molecule has 3 aromatic rings. The first-order valence-corrected chi connectivity index (χ1v) is 21.6. The number of aromatic hydroxyl groups is 1. The van der Waals surface area contributed by atoms with E-state index in [0.717, 1.165) is 0 Å². The van der Waals surface area contributed by atoms with Gasteiger partial charge in [0.15, 0.2) is 11.8 Å². The van der Waals surface area contributed by atoms with Crippen molar-refractivity contribution in [2.75, 3.05) is 13.2 Å². The molecule has 1 aliphatic heterocycles. The molecule has 3 aromatic carbocycles. The van der Waals surface area contributed by atoms with E-state index in [-0.39, 0.29) is 59.4 Å². The summed E-state index contributed by atoms with van der Waals surface area (Å²) in [5.74, 6) is -8.45. The molecule has 3 unspecified atom stereocenters. The third kappa shape index (κ3) is 13.7. The van der Waals surface area contributed by atoms with E-state index < -0.39 is 86.8 Å². The molecular weight excluding hydrogens is 875 g/mol. The van der Waals surface area contributed by atoms with E-state index >= 15 is 0 Å². The number of unbranched alkanes of at least 4 members (excludes halogenated alkanes) is 2. The molecule has 3 amide bonds. The van der Waals surface area contributed by atoms with Crippen molar-refractivity contribution in [2.24, 2.45) is 5.92 Å². The monoisotopic (exact) mass is 920 g/mol. The lowest BCUT2D eigenvalue weighted by Gasteiger charge is -2.35. The first-order valence-electron chi connectivity index (χ1n) is 20.0. The molecule has 344 valence electrons. The van der Waals surface area contributed by atoms with Gasteiger partial charge in [-0.1, -0.05) is 36.8 Å². The third-order valence-corrected chi connectivity index (χ3v) is 11.4. The lowest BCUT2D eigenvalue weighted by atomic mass is 9.74. The number of benzene rings is 3. The fourth-order valence-electron chi connectivity index (χ4n) is 6.95. The number of ether oxygens (including phenoxy) is 1. The second-order valence-electron chi connectivity index (χ2n) is 14.9. The van der Waals surface area contributed by atoms with Gasteiger partial charge in [0, 0.05) is 66.6 Å². The van der Waals surface area contributed by atoms with E-state index in [4.69, 9.17) is 9.84 Å². The van der Waals surface area contributed by atoms with Crippen LogP contribution >= 0.6 is 7.75 Å². The number of aliphatic carboxylic acids is 3. The van der Waals surface area contributed by atoms with Crippen molar-refractivity contribution in [1.29, 1.82) is 0 Å². The molecule has 5 rings (SSSR count). The minimum atomic E-state index is -4.96. The van der Waals surface area contributed by atoms with Gasteiger partial charge in [-0.25, -0.2) is 19.2 Å². The molecule has 2 aliphatic rings. The maximum Gasteiger partial charge on any atom is 0.403 e. The molecule has 0 saturated heterocycles. The van der Waals surface area contributed by atoms with Crippen LogP contribution in [-0.2, 0) is 39.6 Å². The Morgan fingerprint density at radius 2 is 1.48 bits per heavy atom. The smallest absolute Gasteiger partial charge is 0.403 e. The van der Waals surface area contributed by atoms with Crippen molar-refractivity contribution in [3.05, 3.63) is 118 Å². The quantitative estimate of drug-likeness (QED) is 0.0482. The number of carbonyl (C=O) groups excluding carboxylic acids is 4. The maximum atomic E-state index is 13.1. The van der Waals surface area contributed by atoms with Crippen LogP contribution in [0, 0.1) is 5.92 Å². The minimum Gasteiger partial charge on any atom is -0.508 e. The molecule has 5 atom stereocenters. The van der Waals surface area contributed by atoms with E-state index in [9.17, 15) is 68.2 Å². The number of phenolic OH excluding ortho intramolecular Hbond substituents is 1. The topological polar surface area (TPSA) is 342 Å². The van der Waals surface area contributed by atoms with E-state index in [1.54, 1.807) is 23.3 Å². The molecule has 0 spiro atoms. The number of phenols is 1. The van der Waals surface area contributed by atoms with Gasteiger partial charge in [0.25, 0.3) is 11.8 Å². The number of carboxylic acids is 4. The average molecular weight is 921 g/mol. The number of hydrogen-bond donors (Lipinski definition) is 10. The molecule has 21 nitrogen and oxygen atoms in total. The normalized spacial score (nSPS) is 16.8. The molecule has 65 heavy (non-hydrogen) atoms. The summed E-state index contributed by atoms with van der Waals surface area (Å²) < 4.78 is 22.9. The van der Waals surface area contributed by atoms with E-state index in [1.807, 2.05) is 0 Å². The second-order valence-corrected chi connectivity index (χ2v) is 16.5. The zero-order chi connectivity index (χ0) is 47.4. The summed E-state index contributed by atoms with van der Waals surface area (Å²) in [6.07, 6.45) is 4.88. The number of nitrogens with one attached hydrogen (secondary N) is 4. The Morgan fingerprint density at radius 1 is 0.785 bits per heavy atom. The molecule has 0 fully saturated rings. The SMILES string of the molecule is O=C1C=CC2C(=C1)Oc1cc(O)ccc1C2c1ccc(C(=O)NCCCCCC(=O)NCc2ccc(C(=O)N[C@@H](COP(=O)(O)N[C@@H](CCC(=O)O)C(=O)O)C(=O)O)cc2)cc1C(=O)O. The van der Waals surface area contributed by atoms with Gasteiger partial charge >= 0.3 is 31.6 Å². The van der Waals surface area contributed by atoms with E-state index in [2.05, 4.69) is 20.5 Å². The molecule has 0 aromatic heterocycles. The van der Waals surface area contributed by atoms with Crippen molar-refractivity contribution in [3.63, 3.8) is 0 Å². The van der Waals surface area contributed by atoms with Crippen LogP contribution < -0.4 is 25.8 Å². The third-order valence-electron chi connectivity index (χ3n) is 10.2. The van der Waals surface area contributed by atoms with Crippen LogP contribution in [0.15, 0.2) is 84.7 Å². The van der Waals surface area contributed by atoms with Crippen molar-refractivity contribution in [3.8, 4) is 11.5 Å². The standard InChI is InChI=1S/C43H45N4O17P/c48-26-10-13-29-34(19-26)64-35-20-27(49)11-14-30(35)38(29)28-12-9-25(18-31(28)41(55)56)39(53)44-17-3-1-2-4-36(50)45-21-23-5-7-24(8-6-23)40(54)46-33(43(59)60)22-63-65(61,62)47-32(42(57)58)15-16-37(51)52/h5-14,18-20,29,32-33,38,49H,1-4,15-17,21-22H2,(H,44,53)(H,45,50)(H,46,54)(H,51,52)(H,55,56)(H,57,58)(H,59,60)(H2,47,61,62)/t29?,32-,33-,38?/m0/s1. The lowest BCUT2D eigenvalue weighted by molar-refractivity contribution is -0.142. The molecule has 22 heteroatoms. The van der Waals surface area contributed by atoms with Gasteiger partial charge in [-0.15, -0.1) is 0 Å². The number of allylic oxidation sites excluding steroid dienone is 3. The van der Waals surface area contributed by atoms with Gasteiger partial charge in [-0.2, -0.15) is 0 Å². The summed E-state index contributed by atoms with van der Waals surface area (Å²) in [5.41, 5.74) is 1.58. The van der Waals surface area contributed by atoms with Crippen LogP contribution in [0.4, 0.5) is 0 Å². The van der Waals surface area contributed by atoms with Crippen LogP contribution in [-0.4, -0.2) is 103 Å². The Balaban J connectivity index is 1.04. The van der Waals surface area contributed by atoms with Gasteiger partial charge < -0.3 is 51.1 Å². The summed E-state index contributed by atoms with van der Waals surface area (Å²) in [4.78, 5) is 107. The number of carboxylic acid groups (broad SMARTS) is 4. The Labute approximate surface area is 369 Å². The zero-order valence-corrected chi connectivity index (χ0v) is 35.2. The Kier molecular flexibility index (Phi) is 16.5. The largest absolute Gasteiger partial charge is 0.508 e. The zero-order valence-electron chi connectivity index (χ0n) is 34.3. The summed E-state index contributed by atoms with van der Waals surface area (Å²) in [6, 6.07) is 10.9. The Bertz CT molecular complexity index is 2470. The Hall–Kier alpha value is -7.19. The van der Waals surface area contributed by atoms with Crippen LogP contribution in [0.25, 0.3) is 0 Å². The molecule has 1 heterocycles. The highest BCUT2D eigenvalue weighted by atomic mass is 31.2. The van der Waals surface area contributed by atoms with Crippen LogP contribution in [0.2, 0.25) is 0 Å². The highest BCUT2D eigenvalue weighted by Gasteiger charge is 2.39. The summed E-state index contributed by atoms with van der Waals surface area (Å²) in [6.45, 7) is -0.705. The average Bonchev–Trinajstić information content (AvgIpc) is 3.25. The number of hydrogen-bond acceptors (Lipinski definition) is 12. The summed E-state index contributed by atoms with van der Waals surface area (Å²) in [7, 11) is -4.96. The number of aromatic carboxylic acids is 1. The summed E-state index contributed by atoms with van der Waals surface area (Å²) in [5, 5.41) is 57.1. The van der Waals surface area contributed by atoms with Gasteiger partial charge in [-0.05, 0) is 66.8 Å². The van der Waals surface area contributed by atoms with E-state index in [0.29, 0.717) is 41.7 Å². The van der Waals surface area contributed by atoms with Gasteiger partial charge in [-0.3, -0.25) is 33.3 Å². The van der Waals surface area contributed by atoms with Crippen LogP contribution in [0.5, 0.6) is 11.5 Å².